The molecule has 2 N–H and O–H groups in total. The summed E-state index contributed by atoms with van der Waals surface area (Å²) in [5.74, 6) is -1.21. The van der Waals surface area contributed by atoms with Gasteiger partial charge in [-0.3, -0.25) is 9.59 Å². The van der Waals surface area contributed by atoms with Crippen LogP contribution in [0.25, 0.3) is 0 Å². The van der Waals surface area contributed by atoms with E-state index in [2.05, 4.69) is 20.6 Å². The molecule has 1 atom stereocenters. The molecule has 0 unspecified atom stereocenters. The number of aryl methyl sites for hydroxylation is 2. The van der Waals surface area contributed by atoms with Gasteiger partial charge in [-0.25, -0.2) is 9.97 Å². The molecule has 8 heteroatoms. The van der Waals surface area contributed by atoms with Crippen molar-refractivity contribution in [3.05, 3.63) is 33.9 Å². The van der Waals surface area contributed by atoms with Crippen LogP contribution in [0.4, 0.5) is 5.69 Å². The second kappa shape index (κ2) is 7.87. The van der Waals surface area contributed by atoms with Crippen LogP contribution in [0.5, 0.6) is 5.88 Å². The number of nitrogens with one attached hydrogen (secondary N) is 2. The van der Waals surface area contributed by atoms with Gasteiger partial charge in [0.15, 0.2) is 0 Å². The fourth-order valence-electron chi connectivity index (χ4n) is 2.19. The smallest absolute Gasteiger partial charge is 0.313 e. The van der Waals surface area contributed by atoms with Crippen molar-refractivity contribution < 1.29 is 14.3 Å². The summed E-state index contributed by atoms with van der Waals surface area (Å²) in [4.78, 5) is 33.5. The molecule has 2 rings (SSSR count). The summed E-state index contributed by atoms with van der Waals surface area (Å²) in [7, 11) is 0. The summed E-state index contributed by atoms with van der Waals surface area (Å²) in [6.45, 7) is 7.83. The second-order valence-corrected chi connectivity index (χ2v) is 6.36. The number of amides is 2. The predicted octanol–water partition coefficient (Wildman–Crippen LogP) is 2.37. The van der Waals surface area contributed by atoms with Crippen LogP contribution in [0, 0.1) is 13.8 Å². The molecule has 0 saturated heterocycles. The lowest BCUT2D eigenvalue weighted by molar-refractivity contribution is -0.136. The van der Waals surface area contributed by atoms with Gasteiger partial charge in [-0.2, -0.15) is 0 Å². The fourth-order valence-corrected chi connectivity index (χ4v) is 3.12. The molecule has 0 radical (unpaired) electrons. The third-order valence-corrected chi connectivity index (χ3v) is 4.44. The first-order valence-electron chi connectivity index (χ1n) is 7.56. The molecule has 0 aliphatic heterocycles. The van der Waals surface area contributed by atoms with E-state index >= 15 is 0 Å². The number of thiazole rings is 1. The Hall–Kier alpha value is -2.48. The zero-order valence-electron chi connectivity index (χ0n) is 14.0. The van der Waals surface area contributed by atoms with E-state index in [9.17, 15) is 9.59 Å². The van der Waals surface area contributed by atoms with Crippen LogP contribution in [-0.2, 0) is 9.59 Å². The van der Waals surface area contributed by atoms with E-state index < -0.39 is 11.8 Å². The van der Waals surface area contributed by atoms with Crippen molar-refractivity contribution in [1.29, 1.82) is 0 Å². The maximum Gasteiger partial charge on any atom is 0.313 e. The molecule has 0 bridgehead atoms. The first-order valence-corrected chi connectivity index (χ1v) is 8.37. The normalized spacial score (nSPS) is 11.7. The van der Waals surface area contributed by atoms with Gasteiger partial charge in [0.1, 0.15) is 5.69 Å². The van der Waals surface area contributed by atoms with Crippen molar-refractivity contribution in [1.82, 2.24) is 15.3 Å². The monoisotopic (exact) mass is 348 g/mol. The fraction of sp³-hybridized carbons (Fsp3) is 0.375. The number of ether oxygens (including phenoxy) is 1. The highest BCUT2D eigenvalue weighted by Crippen LogP contribution is 2.24. The summed E-state index contributed by atoms with van der Waals surface area (Å²) in [6, 6.07) is 2.99. The molecule has 7 nitrogen and oxygen atoms in total. The van der Waals surface area contributed by atoms with Gasteiger partial charge in [-0.15, -0.1) is 11.3 Å². The van der Waals surface area contributed by atoms with E-state index in [1.54, 1.807) is 18.3 Å². The lowest BCUT2D eigenvalue weighted by atomic mass is 10.2. The van der Waals surface area contributed by atoms with Gasteiger partial charge >= 0.3 is 11.8 Å². The molecule has 2 aromatic rings. The number of anilines is 1. The Bertz CT molecular complexity index is 745. The Kier molecular flexibility index (Phi) is 5.86. The summed E-state index contributed by atoms with van der Waals surface area (Å²) < 4.78 is 5.32. The molecule has 0 spiro atoms. The molecule has 2 amide bonds. The number of hydrogen-bond acceptors (Lipinski definition) is 6. The molecule has 0 aliphatic carbocycles. The Balaban J connectivity index is 2.02. The van der Waals surface area contributed by atoms with Crippen LogP contribution < -0.4 is 15.4 Å². The minimum atomic E-state index is -0.769. The highest BCUT2D eigenvalue weighted by molar-refractivity contribution is 7.11. The molecule has 0 aromatic carbocycles. The maximum absolute atomic E-state index is 12.1. The predicted molar refractivity (Wildman–Crippen MR) is 92.2 cm³/mol. The molecular weight excluding hydrogens is 328 g/mol. The third kappa shape index (κ3) is 4.29. The van der Waals surface area contributed by atoms with Gasteiger partial charge in [-0.1, -0.05) is 0 Å². The Labute approximate surface area is 144 Å². The standard InChI is InChI=1S/C16H20N4O3S/c1-5-23-16-12(7-6-8-17-16)20-15(22)14(21)19-10(3)13-9(2)18-11(4)24-13/h6-8,10H,5H2,1-4H3,(H,19,21)(H,20,22)/t10-/m0/s1. The van der Waals surface area contributed by atoms with Crippen LogP contribution in [0.3, 0.4) is 0 Å². The molecule has 0 aliphatic rings. The van der Waals surface area contributed by atoms with E-state index in [-0.39, 0.29) is 11.9 Å². The second-order valence-electron chi connectivity index (χ2n) is 5.12. The number of rotatable bonds is 5. The highest BCUT2D eigenvalue weighted by atomic mass is 32.1. The third-order valence-electron chi connectivity index (χ3n) is 3.19. The summed E-state index contributed by atoms with van der Waals surface area (Å²) in [5.41, 5.74) is 1.22. The summed E-state index contributed by atoms with van der Waals surface area (Å²) in [5, 5.41) is 6.12. The van der Waals surface area contributed by atoms with Crippen LogP contribution in [0.1, 0.15) is 35.5 Å². The summed E-state index contributed by atoms with van der Waals surface area (Å²) >= 11 is 1.50. The van der Waals surface area contributed by atoms with Gasteiger partial charge in [0.25, 0.3) is 0 Å². The first-order chi connectivity index (χ1) is 11.4. The van der Waals surface area contributed by atoms with E-state index in [1.807, 2.05) is 27.7 Å². The van der Waals surface area contributed by atoms with Gasteiger partial charge in [0, 0.05) is 11.1 Å². The number of pyridine rings is 1. The van der Waals surface area contributed by atoms with Gasteiger partial charge < -0.3 is 15.4 Å². The van der Waals surface area contributed by atoms with Crippen molar-refractivity contribution in [2.45, 2.75) is 33.7 Å². The van der Waals surface area contributed by atoms with Gasteiger partial charge in [0.05, 0.1) is 23.4 Å². The topological polar surface area (TPSA) is 93.2 Å². The van der Waals surface area contributed by atoms with Gasteiger partial charge in [0.2, 0.25) is 5.88 Å². The molecule has 128 valence electrons. The average Bonchev–Trinajstić information content (AvgIpc) is 2.88. The zero-order valence-corrected chi connectivity index (χ0v) is 14.9. The maximum atomic E-state index is 12.1. The van der Waals surface area contributed by atoms with Crippen LogP contribution in [0.2, 0.25) is 0 Å². The first kappa shape index (κ1) is 17.9. The van der Waals surface area contributed by atoms with Gasteiger partial charge in [-0.05, 0) is 39.8 Å². The summed E-state index contributed by atoms with van der Waals surface area (Å²) in [6.07, 6.45) is 1.55. The minimum Gasteiger partial charge on any atom is -0.476 e. The zero-order chi connectivity index (χ0) is 17.7. The SMILES string of the molecule is CCOc1ncccc1NC(=O)C(=O)N[C@@H](C)c1sc(C)nc1C. The van der Waals surface area contributed by atoms with Crippen LogP contribution >= 0.6 is 11.3 Å². The van der Waals surface area contributed by atoms with Crippen molar-refractivity contribution in [2.75, 3.05) is 11.9 Å². The largest absolute Gasteiger partial charge is 0.476 e. The van der Waals surface area contributed by atoms with E-state index in [1.165, 1.54) is 11.3 Å². The van der Waals surface area contributed by atoms with Crippen molar-refractivity contribution in [3.63, 3.8) is 0 Å². The minimum absolute atomic E-state index is 0.281. The van der Waals surface area contributed by atoms with Crippen molar-refractivity contribution >= 4 is 28.8 Å². The molecule has 2 aromatic heterocycles. The van der Waals surface area contributed by atoms with Crippen molar-refractivity contribution in [3.8, 4) is 5.88 Å². The lowest BCUT2D eigenvalue weighted by Crippen LogP contribution is -2.37. The number of aromatic nitrogens is 2. The van der Waals surface area contributed by atoms with Crippen LogP contribution in [0.15, 0.2) is 18.3 Å². The molecular formula is C16H20N4O3S. The number of nitrogens with zero attached hydrogens (tertiary/aromatic N) is 2. The van der Waals surface area contributed by atoms with E-state index in [4.69, 9.17) is 4.74 Å². The Morgan fingerprint density at radius 2 is 2.08 bits per heavy atom. The highest BCUT2D eigenvalue weighted by Gasteiger charge is 2.21. The molecule has 2 heterocycles. The number of carbonyl (C=O) groups excluding carboxylic acids is 2. The lowest BCUT2D eigenvalue weighted by Gasteiger charge is -2.13. The number of carbonyl (C=O) groups is 2. The molecule has 0 fully saturated rings. The number of hydrogen-bond donors (Lipinski definition) is 2. The average molecular weight is 348 g/mol. The molecule has 0 saturated carbocycles. The molecule has 24 heavy (non-hydrogen) atoms. The van der Waals surface area contributed by atoms with E-state index in [0.717, 1.165) is 15.6 Å². The Morgan fingerprint density at radius 1 is 1.33 bits per heavy atom. The Morgan fingerprint density at radius 3 is 2.71 bits per heavy atom. The van der Waals surface area contributed by atoms with Crippen molar-refractivity contribution in [2.24, 2.45) is 0 Å². The van der Waals surface area contributed by atoms with E-state index in [0.29, 0.717) is 12.3 Å². The quantitative estimate of drug-likeness (QED) is 0.809. The van der Waals surface area contributed by atoms with Crippen LogP contribution in [-0.4, -0.2) is 28.4 Å².